The van der Waals surface area contributed by atoms with Crippen LogP contribution in [-0.4, -0.2) is 47.1 Å². The van der Waals surface area contributed by atoms with Crippen molar-refractivity contribution in [3.05, 3.63) is 59.9 Å². The number of hydrogen-bond acceptors (Lipinski definition) is 6. The molecular formula is C24H23F2N5O3. The highest BCUT2D eigenvalue weighted by Gasteiger charge is 2.23. The number of rotatable bonds is 5. The molecule has 1 saturated heterocycles. The van der Waals surface area contributed by atoms with Gasteiger partial charge in [0.15, 0.2) is 17.5 Å². The van der Waals surface area contributed by atoms with Crippen molar-refractivity contribution in [3.8, 4) is 5.88 Å². The zero-order chi connectivity index (χ0) is 23.7. The molecule has 10 heteroatoms. The van der Waals surface area contributed by atoms with Crippen LogP contribution in [0.4, 0.5) is 19.4 Å². The maximum Gasteiger partial charge on any atom is 0.320 e. The van der Waals surface area contributed by atoms with Gasteiger partial charge >= 0.3 is 6.03 Å². The predicted octanol–water partition coefficient (Wildman–Crippen LogP) is 4.45. The van der Waals surface area contributed by atoms with Crippen molar-refractivity contribution < 1.29 is 22.7 Å². The third-order valence-corrected chi connectivity index (χ3v) is 5.88. The molecule has 0 bridgehead atoms. The lowest BCUT2D eigenvalue weighted by atomic mass is 10.1. The van der Waals surface area contributed by atoms with Gasteiger partial charge in [-0.25, -0.2) is 23.5 Å². The summed E-state index contributed by atoms with van der Waals surface area (Å²) in [5, 5.41) is 6.63. The van der Waals surface area contributed by atoms with Gasteiger partial charge < -0.3 is 14.5 Å². The van der Waals surface area contributed by atoms with Gasteiger partial charge in [-0.2, -0.15) is 0 Å². The molecule has 4 aromatic rings. The Morgan fingerprint density at radius 2 is 1.82 bits per heavy atom. The summed E-state index contributed by atoms with van der Waals surface area (Å²) in [5.41, 5.74) is 1.11. The molecule has 8 nitrogen and oxygen atoms in total. The number of aromatic nitrogens is 2. The van der Waals surface area contributed by atoms with Gasteiger partial charge in [0.05, 0.1) is 24.7 Å². The maximum absolute atomic E-state index is 13.6. The first kappa shape index (κ1) is 22.0. The Hall–Kier alpha value is -3.79. The molecule has 0 radical (unpaired) electrons. The minimum atomic E-state index is -1.04. The average Bonchev–Trinajstić information content (AvgIpc) is 3.23. The van der Waals surface area contributed by atoms with Gasteiger partial charge in [0, 0.05) is 36.7 Å². The molecular weight excluding hydrogens is 444 g/mol. The Labute approximate surface area is 193 Å². The van der Waals surface area contributed by atoms with E-state index in [4.69, 9.17) is 9.15 Å². The summed E-state index contributed by atoms with van der Waals surface area (Å²) < 4.78 is 38.1. The highest BCUT2D eigenvalue weighted by atomic mass is 19.2. The van der Waals surface area contributed by atoms with Crippen LogP contribution in [0.3, 0.4) is 0 Å². The number of likely N-dealkylation sites (tertiary alicyclic amines) is 1. The van der Waals surface area contributed by atoms with Gasteiger partial charge in [-0.05, 0) is 25.0 Å². The van der Waals surface area contributed by atoms with Crippen LogP contribution in [0.1, 0.15) is 18.6 Å². The molecule has 0 spiro atoms. The summed E-state index contributed by atoms with van der Waals surface area (Å²) >= 11 is 0. The number of fused-ring (bicyclic) bond motifs is 2. The highest BCUT2D eigenvalue weighted by molar-refractivity contribution is 5.91. The van der Waals surface area contributed by atoms with Crippen LogP contribution in [0, 0.1) is 11.6 Å². The van der Waals surface area contributed by atoms with Gasteiger partial charge in [0.1, 0.15) is 11.3 Å². The fourth-order valence-corrected chi connectivity index (χ4v) is 4.16. The number of nitrogens with zero attached hydrogens (tertiary/aromatic N) is 3. The van der Waals surface area contributed by atoms with E-state index in [9.17, 15) is 13.6 Å². The van der Waals surface area contributed by atoms with E-state index in [1.54, 1.807) is 0 Å². The predicted molar refractivity (Wildman–Crippen MR) is 123 cm³/mol. The number of carbonyl (C=O) groups is 1. The van der Waals surface area contributed by atoms with E-state index >= 15 is 0 Å². The van der Waals surface area contributed by atoms with Crippen molar-refractivity contribution in [1.29, 1.82) is 0 Å². The number of nitrogens with one attached hydrogen (secondary N) is 2. The molecule has 0 aliphatic carbocycles. The second kappa shape index (κ2) is 9.22. The molecule has 1 fully saturated rings. The second-order valence-corrected chi connectivity index (χ2v) is 8.24. The van der Waals surface area contributed by atoms with Crippen molar-refractivity contribution in [1.82, 2.24) is 20.2 Å². The van der Waals surface area contributed by atoms with E-state index in [0.29, 0.717) is 6.54 Å². The third-order valence-electron chi connectivity index (χ3n) is 5.88. The normalized spacial score (nSPS) is 15.0. The number of urea groups is 1. The van der Waals surface area contributed by atoms with E-state index in [1.807, 2.05) is 24.3 Å². The largest absolute Gasteiger partial charge is 0.478 e. The SMILES string of the molecule is COc1nc2cc(F)c(F)cc2nc1NC(=O)NC1CCN(Cc2cc3ccccc3o2)CC1. The van der Waals surface area contributed by atoms with Crippen LogP contribution in [0.25, 0.3) is 22.0 Å². The molecule has 5 rings (SSSR count). The minimum absolute atomic E-state index is 0.00862. The van der Waals surface area contributed by atoms with Crippen LogP contribution in [0.15, 0.2) is 46.9 Å². The molecule has 2 N–H and O–H groups in total. The van der Waals surface area contributed by atoms with Gasteiger partial charge in [-0.3, -0.25) is 10.2 Å². The molecule has 0 atom stereocenters. The first-order chi connectivity index (χ1) is 16.5. The Morgan fingerprint density at radius 1 is 1.12 bits per heavy atom. The molecule has 3 heterocycles. The molecule has 2 aromatic heterocycles. The topological polar surface area (TPSA) is 92.5 Å². The smallest absolute Gasteiger partial charge is 0.320 e. The van der Waals surface area contributed by atoms with Crippen LogP contribution in [-0.2, 0) is 6.54 Å². The van der Waals surface area contributed by atoms with Crippen molar-refractivity contribution in [3.63, 3.8) is 0 Å². The molecule has 0 unspecified atom stereocenters. The van der Waals surface area contributed by atoms with Crippen LogP contribution in [0.5, 0.6) is 5.88 Å². The number of halogens is 2. The summed E-state index contributed by atoms with van der Waals surface area (Å²) in [6.45, 7) is 2.34. The monoisotopic (exact) mass is 467 g/mol. The lowest BCUT2D eigenvalue weighted by Gasteiger charge is -2.31. The number of methoxy groups -OCH3 is 1. The van der Waals surface area contributed by atoms with Crippen LogP contribution in [0.2, 0.25) is 0 Å². The number of para-hydroxylation sites is 1. The number of piperidine rings is 1. The molecule has 2 aromatic carbocycles. The Balaban J connectivity index is 1.18. The molecule has 2 amide bonds. The molecule has 176 valence electrons. The summed E-state index contributed by atoms with van der Waals surface area (Å²) in [6, 6.07) is 11.4. The van der Waals surface area contributed by atoms with Crippen molar-refractivity contribution >= 4 is 33.9 Å². The minimum Gasteiger partial charge on any atom is -0.478 e. The number of ether oxygens (including phenoxy) is 1. The highest BCUT2D eigenvalue weighted by Crippen LogP contribution is 2.25. The lowest BCUT2D eigenvalue weighted by Crippen LogP contribution is -2.45. The molecule has 1 aliphatic heterocycles. The van der Waals surface area contributed by atoms with E-state index in [2.05, 4.69) is 31.6 Å². The fourth-order valence-electron chi connectivity index (χ4n) is 4.16. The number of furan rings is 1. The number of carbonyl (C=O) groups excluding carboxylic acids is 1. The van der Waals surface area contributed by atoms with Crippen LogP contribution >= 0.6 is 0 Å². The quantitative estimate of drug-likeness (QED) is 0.451. The Bertz CT molecular complexity index is 1320. The Morgan fingerprint density at radius 3 is 2.53 bits per heavy atom. The number of amides is 2. The lowest BCUT2D eigenvalue weighted by molar-refractivity contribution is 0.180. The first-order valence-electron chi connectivity index (χ1n) is 11.0. The molecule has 0 saturated carbocycles. The second-order valence-electron chi connectivity index (χ2n) is 8.24. The molecule has 34 heavy (non-hydrogen) atoms. The first-order valence-corrected chi connectivity index (χ1v) is 11.0. The van der Waals surface area contributed by atoms with Crippen molar-refractivity contribution in [2.24, 2.45) is 0 Å². The van der Waals surface area contributed by atoms with Crippen molar-refractivity contribution in [2.75, 3.05) is 25.5 Å². The van der Waals surface area contributed by atoms with E-state index in [0.717, 1.165) is 54.8 Å². The summed E-state index contributed by atoms with van der Waals surface area (Å²) in [4.78, 5) is 23.1. The van der Waals surface area contributed by atoms with E-state index < -0.39 is 17.7 Å². The average molecular weight is 467 g/mol. The Kier molecular flexibility index (Phi) is 5.97. The zero-order valence-corrected chi connectivity index (χ0v) is 18.5. The number of hydrogen-bond donors (Lipinski definition) is 2. The summed E-state index contributed by atoms with van der Waals surface area (Å²) in [5.74, 6) is -1.12. The van der Waals surface area contributed by atoms with Crippen LogP contribution < -0.4 is 15.4 Å². The van der Waals surface area contributed by atoms with E-state index in [1.165, 1.54) is 7.11 Å². The molecule has 1 aliphatic rings. The van der Waals surface area contributed by atoms with Gasteiger partial charge in [0.2, 0.25) is 0 Å². The summed E-state index contributed by atoms with van der Waals surface area (Å²) in [6.07, 6.45) is 1.55. The van der Waals surface area contributed by atoms with Gasteiger partial charge in [0.25, 0.3) is 5.88 Å². The zero-order valence-electron chi connectivity index (χ0n) is 18.5. The standard InChI is InChI=1S/C24H23F2N5O3/c1-33-23-22(28-19-11-17(25)18(26)12-20(19)29-23)30-24(32)27-15-6-8-31(9-7-15)13-16-10-14-4-2-3-5-21(14)34-16/h2-5,10-12,15H,6-9,13H2,1H3,(H2,27,28,30,32). The maximum atomic E-state index is 13.6. The van der Waals surface area contributed by atoms with Gasteiger partial charge in [-0.1, -0.05) is 18.2 Å². The number of anilines is 1. The number of benzene rings is 2. The third kappa shape index (κ3) is 4.62. The fraction of sp³-hybridized carbons (Fsp3) is 0.292. The van der Waals surface area contributed by atoms with Gasteiger partial charge in [-0.15, -0.1) is 0 Å². The van der Waals surface area contributed by atoms with Crippen molar-refractivity contribution in [2.45, 2.75) is 25.4 Å². The summed E-state index contributed by atoms with van der Waals surface area (Å²) in [7, 11) is 1.36. The van der Waals surface area contributed by atoms with E-state index in [-0.39, 0.29) is 28.8 Å².